The summed E-state index contributed by atoms with van der Waals surface area (Å²) in [4.78, 5) is 41.9. The van der Waals surface area contributed by atoms with Gasteiger partial charge in [-0.1, -0.05) is 36.4 Å². The average molecular weight is 580 g/mol. The number of methoxy groups -OCH3 is 1. The van der Waals surface area contributed by atoms with E-state index >= 15 is 0 Å². The number of benzene rings is 3. The number of nitrogen functional groups attached to an aromatic ring is 1. The molecule has 1 fully saturated rings. The Kier molecular flexibility index (Phi) is 8.94. The Bertz CT molecular complexity index is 1510. The van der Waals surface area contributed by atoms with Gasteiger partial charge in [0.25, 0.3) is 11.8 Å². The van der Waals surface area contributed by atoms with Gasteiger partial charge in [-0.2, -0.15) is 4.31 Å². The molecule has 0 aromatic heterocycles. The number of hydrogen-bond donors (Lipinski definition) is 1. The summed E-state index contributed by atoms with van der Waals surface area (Å²) in [5.41, 5.74) is 7.41. The summed E-state index contributed by atoms with van der Waals surface area (Å²) in [7, 11) is -0.871. The highest BCUT2D eigenvalue weighted by Crippen LogP contribution is 2.25. The van der Waals surface area contributed by atoms with E-state index < -0.39 is 40.3 Å². The van der Waals surface area contributed by atoms with Crippen LogP contribution in [-0.2, 0) is 30.8 Å². The number of ether oxygens (including phenoxy) is 1. The number of hydrazine groups is 1. The van der Waals surface area contributed by atoms with Crippen molar-refractivity contribution in [2.75, 3.05) is 44.4 Å². The molecular formula is C29H33N5O6S. The van der Waals surface area contributed by atoms with Crippen molar-refractivity contribution in [2.45, 2.75) is 24.3 Å². The molecule has 0 unspecified atom stereocenters. The Balaban J connectivity index is 1.64. The molecule has 1 saturated heterocycles. The number of rotatable bonds is 9. The number of anilines is 2. The first-order valence-corrected chi connectivity index (χ1v) is 14.4. The average Bonchev–Trinajstić information content (AvgIpc) is 2.97. The van der Waals surface area contributed by atoms with Gasteiger partial charge in [-0.25, -0.2) is 18.4 Å². The SMILES string of the molecule is COc1ccc(N(C)C(=O)[C@H](Cc2ccccc2)N(C(C)=O)N2CCN(S(=O)(=O)c3cccc(N)c3)CC2=O)cc1. The van der Waals surface area contributed by atoms with Crippen molar-refractivity contribution in [3.8, 4) is 5.75 Å². The monoisotopic (exact) mass is 579 g/mol. The molecule has 3 amide bonds. The maximum Gasteiger partial charge on any atom is 0.256 e. The van der Waals surface area contributed by atoms with E-state index in [1.165, 1.54) is 35.0 Å². The van der Waals surface area contributed by atoms with Crippen LogP contribution in [0.1, 0.15) is 12.5 Å². The van der Waals surface area contributed by atoms with E-state index in [9.17, 15) is 22.8 Å². The molecule has 3 aromatic carbocycles. The van der Waals surface area contributed by atoms with Crippen molar-refractivity contribution < 1.29 is 27.5 Å². The summed E-state index contributed by atoms with van der Waals surface area (Å²) in [5, 5.41) is 2.34. The van der Waals surface area contributed by atoms with Crippen LogP contribution in [0.5, 0.6) is 5.75 Å². The molecular weight excluding hydrogens is 546 g/mol. The summed E-state index contributed by atoms with van der Waals surface area (Å²) in [6.07, 6.45) is 0.134. The minimum Gasteiger partial charge on any atom is -0.497 e. The van der Waals surface area contributed by atoms with Crippen LogP contribution in [0.25, 0.3) is 0 Å². The Hall–Kier alpha value is -4.42. The van der Waals surface area contributed by atoms with Gasteiger partial charge in [0.05, 0.1) is 25.1 Å². The molecule has 1 atom stereocenters. The molecule has 0 radical (unpaired) electrons. The van der Waals surface area contributed by atoms with Gasteiger partial charge in [-0.15, -0.1) is 0 Å². The molecule has 0 bridgehead atoms. The third kappa shape index (κ3) is 6.50. The number of likely N-dealkylation sites (N-methyl/N-ethyl adjacent to an activating group) is 1. The number of carbonyl (C=O) groups excluding carboxylic acids is 3. The predicted molar refractivity (Wildman–Crippen MR) is 154 cm³/mol. The van der Waals surface area contributed by atoms with Gasteiger partial charge in [-0.3, -0.25) is 14.4 Å². The molecule has 1 heterocycles. The number of nitrogens with two attached hydrogens (primary N) is 1. The van der Waals surface area contributed by atoms with Crippen LogP contribution in [0.4, 0.5) is 11.4 Å². The van der Waals surface area contributed by atoms with Crippen LogP contribution in [0.15, 0.2) is 83.8 Å². The summed E-state index contributed by atoms with van der Waals surface area (Å²) >= 11 is 0. The minimum atomic E-state index is -4.01. The second kappa shape index (κ2) is 12.4. The van der Waals surface area contributed by atoms with Gasteiger partial charge in [0.2, 0.25) is 15.9 Å². The van der Waals surface area contributed by atoms with Gasteiger partial charge in [-0.05, 0) is 48.0 Å². The van der Waals surface area contributed by atoms with Crippen molar-refractivity contribution in [3.05, 3.63) is 84.4 Å². The molecule has 4 rings (SSSR count). The molecule has 41 heavy (non-hydrogen) atoms. The summed E-state index contributed by atoms with van der Waals surface area (Å²) in [6, 6.07) is 20.8. The molecule has 3 aromatic rings. The zero-order chi connectivity index (χ0) is 29.7. The first kappa shape index (κ1) is 29.6. The van der Waals surface area contributed by atoms with Gasteiger partial charge in [0.15, 0.2) is 0 Å². The van der Waals surface area contributed by atoms with E-state index in [0.717, 1.165) is 14.9 Å². The topological polar surface area (TPSA) is 134 Å². The Morgan fingerprint density at radius 1 is 1.00 bits per heavy atom. The summed E-state index contributed by atoms with van der Waals surface area (Å²) in [6.45, 7) is 0.585. The zero-order valence-corrected chi connectivity index (χ0v) is 24.0. The lowest BCUT2D eigenvalue weighted by molar-refractivity contribution is -0.173. The summed E-state index contributed by atoms with van der Waals surface area (Å²) in [5.74, 6) is -0.950. The van der Waals surface area contributed by atoms with E-state index in [0.29, 0.717) is 11.4 Å². The van der Waals surface area contributed by atoms with E-state index in [-0.39, 0.29) is 30.1 Å². The van der Waals surface area contributed by atoms with Gasteiger partial charge in [0.1, 0.15) is 11.8 Å². The quantitative estimate of drug-likeness (QED) is 0.384. The number of piperazine rings is 1. The zero-order valence-electron chi connectivity index (χ0n) is 23.1. The van der Waals surface area contributed by atoms with Crippen LogP contribution in [0.2, 0.25) is 0 Å². The molecule has 0 aliphatic carbocycles. The third-order valence-corrected chi connectivity index (χ3v) is 8.72. The number of hydrogen-bond acceptors (Lipinski definition) is 7. The number of sulfonamides is 1. The molecule has 1 aliphatic rings. The number of amides is 3. The molecule has 11 nitrogen and oxygen atoms in total. The van der Waals surface area contributed by atoms with Gasteiger partial charge in [0, 0.05) is 38.3 Å². The summed E-state index contributed by atoms with van der Waals surface area (Å²) < 4.78 is 32.7. The highest BCUT2D eigenvalue weighted by molar-refractivity contribution is 7.89. The molecule has 1 aliphatic heterocycles. The number of nitrogens with zero attached hydrogens (tertiary/aromatic N) is 4. The second-order valence-electron chi connectivity index (χ2n) is 9.59. The van der Waals surface area contributed by atoms with Crippen molar-refractivity contribution in [1.29, 1.82) is 0 Å². The van der Waals surface area contributed by atoms with E-state index in [1.807, 2.05) is 30.3 Å². The molecule has 0 spiro atoms. The lowest BCUT2D eigenvalue weighted by atomic mass is 10.0. The molecule has 2 N–H and O–H groups in total. The third-order valence-electron chi connectivity index (χ3n) is 6.88. The molecule has 0 saturated carbocycles. The van der Waals surface area contributed by atoms with Crippen LogP contribution >= 0.6 is 0 Å². The van der Waals surface area contributed by atoms with Crippen LogP contribution < -0.4 is 15.4 Å². The van der Waals surface area contributed by atoms with E-state index in [1.54, 1.807) is 44.5 Å². The normalized spacial score (nSPS) is 14.8. The maximum atomic E-state index is 14.0. The minimum absolute atomic E-state index is 0.0274. The molecule has 12 heteroatoms. The molecule has 216 valence electrons. The van der Waals surface area contributed by atoms with Crippen molar-refractivity contribution >= 4 is 39.1 Å². The van der Waals surface area contributed by atoms with Crippen molar-refractivity contribution in [3.63, 3.8) is 0 Å². The maximum absolute atomic E-state index is 14.0. The number of carbonyl (C=O) groups is 3. The van der Waals surface area contributed by atoms with Crippen molar-refractivity contribution in [2.24, 2.45) is 0 Å². The lowest BCUT2D eigenvalue weighted by Crippen LogP contribution is -2.64. The highest BCUT2D eigenvalue weighted by Gasteiger charge is 2.41. The largest absolute Gasteiger partial charge is 0.497 e. The highest BCUT2D eigenvalue weighted by atomic mass is 32.2. The fraction of sp³-hybridized carbons (Fsp3) is 0.276. The fourth-order valence-corrected chi connectivity index (χ4v) is 6.17. The van der Waals surface area contributed by atoms with Crippen LogP contribution in [0, 0.1) is 0 Å². The first-order valence-electron chi connectivity index (χ1n) is 12.9. The predicted octanol–water partition coefficient (Wildman–Crippen LogP) is 2.15. The van der Waals surface area contributed by atoms with Crippen LogP contribution in [-0.4, -0.2) is 80.3 Å². The van der Waals surface area contributed by atoms with Crippen LogP contribution in [0.3, 0.4) is 0 Å². The van der Waals surface area contributed by atoms with Gasteiger partial charge >= 0.3 is 0 Å². The van der Waals surface area contributed by atoms with E-state index in [2.05, 4.69) is 0 Å². The van der Waals surface area contributed by atoms with Crippen molar-refractivity contribution in [1.82, 2.24) is 14.3 Å². The lowest BCUT2D eigenvalue weighted by Gasteiger charge is -2.43. The Morgan fingerprint density at radius 2 is 1.68 bits per heavy atom. The van der Waals surface area contributed by atoms with E-state index in [4.69, 9.17) is 10.5 Å². The fourth-order valence-electron chi connectivity index (χ4n) is 4.73. The standard InChI is InChI=1S/C29H33N5O6S/c1-21(35)34(33-17-16-32(20-28(33)36)41(38,39)26-11-7-10-23(30)19-26)27(18-22-8-5-4-6-9-22)29(37)31(2)24-12-14-25(40-3)15-13-24/h4-15,19,27H,16-18,20,30H2,1-3H3/t27-/m0/s1. The first-order chi connectivity index (χ1) is 19.5. The van der Waals surface area contributed by atoms with Gasteiger partial charge < -0.3 is 15.4 Å². The smallest absolute Gasteiger partial charge is 0.256 e. The Morgan fingerprint density at radius 3 is 2.27 bits per heavy atom. The second-order valence-corrected chi connectivity index (χ2v) is 11.5. The Labute approximate surface area is 239 Å².